The fraction of sp³-hybridized carbons (Fsp3) is 0.929. The van der Waals surface area contributed by atoms with E-state index in [1.54, 1.807) is 0 Å². The van der Waals surface area contributed by atoms with Crippen LogP contribution in [0.4, 0.5) is 0 Å². The number of carbonyl (C=O) groups is 1. The highest BCUT2D eigenvalue weighted by Crippen LogP contribution is 2.28. The van der Waals surface area contributed by atoms with Crippen LogP contribution in [0.2, 0.25) is 0 Å². The van der Waals surface area contributed by atoms with E-state index in [1.165, 1.54) is 6.42 Å². The first-order valence-electron chi connectivity index (χ1n) is 7.35. The van der Waals surface area contributed by atoms with Crippen molar-refractivity contribution < 1.29 is 9.90 Å². The Morgan fingerprint density at radius 3 is 2.50 bits per heavy atom. The summed E-state index contributed by atoms with van der Waals surface area (Å²) in [7, 11) is 0. The highest BCUT2D eigenvalue weighted by atomic mass is 16.3. The number of nitrogens with two attached hydrogens (primary N) is 1. The monoisotopic (exact) mass is 254 g/mol. The van der Waals surface area contributed by atoms with Gasteiger partial charge < -0.3 is 16.2 Å². The molecule has 0 radical (unpaired) electrons. The predicted molar refractivity (Wildman–Crippen MR) is 71.0 cm³/mol. The number of carbonyl (C=O) groups excluding carboxylic acids is 1. The third-order valence-electron chi connectivity index (χ3n) is 4.44. The van der Waals surface area contributed by atoms with Gasteiger partial charge in [0.05, 0.1) is 12.1 Å². The number of rotatable bonds is 3. The Bertz CT molecular complexity index is 288. The van der Waals surface area contributed by atoms with Crippen molar-refractivity contribution in [3.05, 3.63) is 0 Å². The van der Waals surface area contributed by atoms with E-state index in [9.17, 15) is 9.90 Å². The summed E-state index contributed by atoms with van der Waals surface area (Å²) >= 11 is 0. The molecule has 0 aromatic rings. The van der Waals surface area contributed by atoms with Gasteiger partial charge in [-0.05, 0) is 25.7 Å². The summed E-state index contributed by atoms with van der Waals surface area (Å²) in [4.78, 5) is 12.0. The first kappa shape index (κ1) is 13.8. The van der Waals surface area contributed by atoms with Gasteiger partial charge in [-0.2, -0.15) is 0 Å². The number of aliphatic hydroxyl groups is 1. The number of hydrogen-bond donors (Lipinski definition) is 3. The van der Waals surface area contributed by atoms with Crippen LogP contribution in [0.3, 0.4) is 0 Å². The summed E-state index contributed by atoms with van der Waals surface area (Å²) in [5, 5.41) is 12.8. The molecular weight excluding hydrogens is 228 g/mol. The molecule has 2 atom stereocenters. The molecule has 0 bridgehead atoms. The lowest BCUT2D eigenvalue weighted by Gasteiger charge is -2.34. The van der Waals surface area contributed by atoms with E-state index >= 15 is 0 Å². The number of hydrogen-bond acceptors (Lipinski definition) is 3. The fourth-order valence-electron chi connectivity index (χ4n) is 3.29. The highest BCUT2D eigenvalue weighted by molar-refractivity contribution is 5.77. The number of nitrogens with one attached hydrogen (secondary N) is 1. The molecule has 2 aliphatic carbocycles. The average Bonchev–Trinajstić information content (AvgIpc) is 2.32. The van der Waals surface area contributed by atoms with Crippen molar-refractivity contribution in [2.24, 2.45) is 5.73 Å². The molecule has 0 aliphatic heterocycles. The zero-order valence-corrected chi connectivity index (χ0v) is 11.2. The Hall–Kier alpha value is -0.610. The quantitative estimate of drug-likeness (QED) is 0.713. The second-order valence-electron chi connectivity index (χ2n) is 6.13. The molecule has 2 unspecified atom stereocenters. The Labute approximate surface area is 109 Å². The van der Waals surface area contributed by atoms with E-state index in [4.69, 9.17) is 5.73 Å². The van der Waals surface area contributed by atoms with Gasteiger partial charge in [0.15, 0.2) is 0 Å². The van der Waals surface area contributed by atoms with Crippen molar-refractivity contribution in [1.29, 1.82) is 0 Å². The van der Waals surface area contributed by atoms with E-state index in [2.05, 4.69) is 5.32 Å². The highest BCUT2D eigenvalue weighted by Gasteiger charge is 2.32. The summed E-state index contributed by atoms with van der Waals surface area (Å²) in [6, 6.07) is -0.0570. The van der Waals surface area contributed by atoms with Crippen LogP contribution in [0.25, 0.3) is 0 Å². The standard InChI is InChI=1S/C14H26N2O2/c15-14(8-4-1-5-9-14)10-13(18)16-11-6-2-3-7-12(11)17/h11-12,17H,1-10,15H2,(H,16,18). The van der Waals surface area contributed by atoms with Crippen molar-refractivity contribution in [2.75, 3.05) is 0 Å². The van der Waals surface area contributed by atoms with Crippen LogP contribution in [0.1, 0.15) is 64.2 Å². The molecule has 0 aromatic carbocycles. The summed E-state index contributed by atoms with van der Waals surface area (Å²) < 4.78 is 0. The van der Waals surface area contributed by atoms with Crippen molar-refractivity contribution in [3.8, 4) is 0 Å². The smallest absolute Gasteiger partial charge is 0.222 e. The van der Waals surface area contributed by atoms with E-state index < -0.39 is 0 Å². The van der Waals surface area contributed by atoms with Crippen LogP contribution in [0, 0.1) is 0 Å². The normalized spacial score (nSPS) is 31.9. The van der Waals surface area contributed by atoms with Crippen LogP contribution in [-0.2, 0) is 4.79 Å². The zero-order chi connectivity index (χ0) is 13.0. The molecule has 18 heavy (non-hydrogen) atoms. The number of amides is 1. The molecule has 4 heteroatoms. The molecule has 0 heterocycles. The van der Waals surface area contributed by atoms with Crippen LogP contribution >= 0.6 is 0 Å². The van der Waals surface area contributed by atoms with Gasteiger partial charge in [0.1, 0.15) is 0 Å². The SMILES string of the molecule is NC1(CC(=O)NC2CCCCC2O)CCCCC1. The molecule has 0 aromatic heterocycles. The van der Waals surface area contributed by atoms with E-state index in [0.717, 1.165) is 51.4 Å². The first-order chi connectivity index (χ1) is 8.59. The van der Waals surface area contributed by atoms with Crippen molar-refractivity contribution in [3.63, 3.8) is 0 Å². The van der Waals surface area contributed by atoms with E-state index in [1.807, 2.05) is 0 Å². The lowest BCUT2D eigenvalue weighted by Crippen LogP contribution is -2.50. The van der Waals surface area contributed by atoms with Gasteiger partial charge >= 0.3 is 0 Å². The minimum Gasteiger partial charge on any atom is -0.391 e. The van der Waals surface area contributed by atoms with Gasteiger partial charge in [-0.25, -0.2) is 0 Å². The molecule has 2 rings (SSSR count). The molecule has 2 saturated carbocycles. The summed E-state index contributed by atoms with van der Waals surface area (Å²) in [6.07, 6.45) is 9.31. The first-order valence-corrected chi connectivity index (χ1v) is 7.35. The van der Waals surface area contributed by atoms with Crippen LogP contribution in [-0.4, -0.2) is 28.7 Å². The molecule has 4 N–H and O–H groups in total. The largest absolute Gasteiger partial charge is 0.391 e. The van der Waals surface area contributed by atoms with Crippen LogP contribution < -0.4 is 11.1 Å². The minimum atomic E-state index is -0.372. The van der Waals surface area contributed by atoms with Crippen LogP contribution in [0.15, 0.2) is 0 Å². The lowest BCUT2D eigenvalue weighted by atomic mass is 9.80. The third kappa shape index (κ3) is 3.69. The molecule has 2 fully saturated rings. The maximum Gasteiger partial charge on any atom is 0.222 e. The summed E-state index contributed by atoms with van der Waals surface area (Å²) in [6.45, 7) is 0. The van der Waals surface area contributed by atoms with Gasteiger partial charge in [0.2, 0.25) is 5.91 Å². The predicted octanol–water partition coefficient (Wildman–Crippen LogP) is 1.46. The minimum absolute atomic E-state index is 0.0188. The topological polar surface area (TPSA) is 75.4 Å². The van der Waals surface area contributed by atoms with Gasteiger partial charge in [-0.15, -0.1) is 0 Å². The Morgan fingerprint density at radius 2 is 1.83 bits per heavy atom. The maximum atomic E-state index is 12.0. The second-order valence-corrected chi connectivity index (χ2v) is 6.13. The van der Waals surface area contributed by atoms with E-state index in [-0.39, 0.29) is 23.6 Å². The van der Waals surface area contributed by atoms with Gasteiger partial charge in [-0.1, -0.05) is 32.1 Å². The van der Waals surface area contributed by atoms with Crippen molar-refractivity contribution >= 4 is 5.91 Å². The lowest BCUT2D eigenvalue weighted by molar-refractivity contribution is -0.124. The second kappa shape index (κ2) is 6.02. The molecular formula is C14H26N2O2. The van der Waals surface area contributed by atoms with Crippen molar-refractivity contribution in [2.45, 2.75) is 81.9 Å². The molecule has 0 saturated heterocycles. The summed E-state index contributed by atoms with van der Waals surface area (Å²) in [5.41, 5.74) is 5.97. The molecule has 0 spiro atoms. The van der Waals surface area contributed by atoms with Gasteiger partial charge in [0, 0.05) is 12.0 Å². The molecule has 104 valence electrons. The Kier molecular flexibility index (Phi) is 4.62. The zero-order valence-electron chi connectivity index (χ0n) is 11.2. The summed E-state index contributed by atoms with van der Waals surface area (Å²) in [5.74, 6) is 0.0188. The fourth-order valence-corrected chi connectivity index (χ4v) is 3.29. The third-order valence-corrected chi connectivity index (χ3v) is 4.44. The average molecular weight is 254 g/mol. The molecule has 1 amide bonds. The van der Waals surface area contributed by atoms with Crippen molar-refractivity contribution in [1.82, 2.24) is 5.32 Å². The maximum absolute atomic E-state index is 12.0. The van der Waals surface area contributed by atoms with E-state index in [0.29, 0.717) is 6.42 Å². The van der Waals surface area contributed by atoms with Gasteiger partial charge in [0.25, 0.3) is 0 Å². The van der Waals surface area contributed by atoms with Crippen LogP contribution in [0.5, 0.6) is 0 Å². The molecule has 4 nitrogen and oxygen atoms in total. The number of aliphatic hydroxyl groups excluding tert-OH is 1. The molecule has 2 aliphatic rings. The Balaban J connectivity index is 1.80. The van der Waals surface area contributed by atoms with Gasteiger partial charge in [-0.3, -0.25) is 4.79 Å². The Morgan fingerprint density at radius 1 is 1.17 bits per heavy atom.